The Morgan fingerprint density at radius 3 is 2.90 bits per heavy atom. The lowest BCUT2D eigenvalue weighted by Gasteiger charge is -2.19. The molecule has 3 N–H and O–H groups in total. The molecule has 1 aliphatic rings. The molecule has 29 heavy (non-hydrogen) atoms. The van der Waals surface area contributed by atoms with Crippen molar-refractivity contribution >= 4 is 30.0 Å². The molecule has 1 aliphatic carbocycles. The van der Waals surface area contributed by atoms with E-state index in [4.69, 9.17) is 10.8 Å². The number of anilines is 1. The van der Waals surface area contributed by atoms with E-state index in [0.717, 1.165) is 18.4 Å². The van der Waals surface area contributed by atoms with Gasteiger partial charge in [0.25, 0.3) is 5.91 Å². The topological polar surface area (TPSA) is 105 Å². The van der Waals surface area contributed by atoms with Crippen LogP contribution in [0.1, 0.15) is 34.5 Å². The summed E-state index contributed by atoms with van der Waals surface area (Å²) >= 11 is 0. The van der Waals surface area contributed by atoms with Crippen molar-refractivity contribution in [1.29, 1.82) is 10.8 Å². The number of aromatic nitrogens is 1. The molecule has 0 spiro atoms. The predicted molar refractivity (Wildman–Crippen MR) is 116 cm³/mol. The van der Waals surface area contributed by atoms with E-state index in [0.29, 0.717) is 23.4 Å². The highest BCUT2D eigenvalue weighted by atomic mass is 16.1. The lowest BCUT2D eigenvalue weighted by atomic mass is 10.1. The molecule has 0 aliphatic heterocycles. The molecule has 0 atom stereocenters. The molecule has 1 aromatic heterocycles. The SMILES string of the molecule is CN=C/C=C\Cc1ccnc(C(=O)Nc2cccc(C(=N)N(C=N)C3CC3)c2)c1. The maximum atomic E-state index is 12.6. The van der Waals surface area contributed by atoms with Gasteiger partial charge in [0, 0.05) is 36.8 Å². The van der Waals surface area contributed by atoms with Crippen molar-refractivity contribution in [2.24, 2.45) is 4.99 Å². The number of carbonyl (C=O) groups excluding carboxylic acids is 1. The van der Waals surface area contributed by atoms with Gasteiger partial charge in [-0.2, -0.15) is 0 Å². The fourth-order valence-electron chi connectivity index (χ4n) is 2.87. The fraction of sp³-hybridized carbons (Fsp3) is 0.227. The average molecular weight is 388 g/mol. The Labute approximate surface area is 170 Å². The van der Waals surface area contributed by atoms with Crippen LogP contribution in [0.5, 0.6) is 0 Å². The molecule has 7 nitrogen and oxygen atoms in total. The third-order valence-corrected chi connectivity index (χ3v) is 4.51. The van der Waals surface area contributed by atoms with E-state index < -0.39 is 0 Å². The van der Waals surface area contributed by atoms with E-state index in [-0.39, 0.29) is 17.8 Å². The second kappa shape index (κ2) is 9.54. The Bertz CT molecular complexity index is 961. The molecule has 1 heterocycles. The van der Waals surface area contributed by atoms with Crippen molar-refractivity contribution in [3.05, 3.63) is 71.6 Å². The molecule has 7 heteroatoms. The highest BCUT2D eigenvalue weighted by Gasteiger charge is 2.30. The van der Waals surface area contributed by atoms with Crippen LogP contribution >= 0.6 is 0 Å². The van der Waals surface area contributed by atoms with E-state index >= 15 is 0 Å². The smallest absolute Gasteiger partial charge is 0.274 e. The molecule has 3 rings (SSSR count). The Balaban J connectivity index is 1.69. The molecular weight excluding hydrogens is 364 g/mol. The highest BCUT2D eigenvalue weighted by molar-refractivity contribution is 6.06. The van der Waals surface area contributed by atoms with Crippen molar-refractivity contribution in [3.63, 3.8) is 0 Å². The third-order valence-electron chi connectivity index (χ3n) is 4.51. The Morgan fingerprint density at radius 1 is 1.34 bits per heavy atom. The quantitative estimate of drug-likeness (QED) is 0.476. The number of amidine groups is 1. The summed E-state index contributed by atoms with van der Waals surface area (Å²) in [6.07, 6.45) is 11.0. The van der Waals surface area contributed by atoms with Crippen LogP contribution in [0.3, 0.4) is 0 Å². The van der Waals surface area contributed by atoms with Crippen LogP contribution in [0.25, 0.3) is 0 Å². The van der Waals surface area contributed by atoms with E-state index in [1.807, 2.05) is 24.3 Å². The lowest BCUT2D eigenvalue weighted by molar-refractivity contribution is 0.102. The van der Waals surface area contributed by atoms with Gasteiger partial charge in [-0.15, -0.1) is 0 Å². The minimum absolute atomic E-state index is 0.239. The summed E-state index contributed by atoms with van der Waals surface area (Å²) in [5, 5.41) is 18.8. The molecular formula is C22H24N6O. The summed E-state index contributed by atoms with van der Waals surface area (Å²) in [6, 6.07) is 11.0. The number of nitrogens with zero attached hydrogens (tertiary/aromatic N) is 3. The first-order valence-corrected chi connectivity index (χ1v) is 9.44. The number of hydrogen-bond donors (Lipinski definition) is 3. The highest BCUT2D eigenvalue weighted by Crippen LogP contribution is 2.27. The number of pyridine rings is 1. The fourth-order valence-corrected chi connectivity index (χ4v) is 2.87. The predicted octanol–water partition coefficient (Wildman–Crippen LogP) is 3.53. The molecule has 148 valence electrons. The van der Waals surface area contributed by atoms with E-state index in [2.05, 4.69) is 15.3 Å². The van der Waals surface area contributed by atoms with Crippen LogP contribution in [-0.2, 0) is 6.42 Å². The zero-order valence-electron chi connectivity index (χ0n) is 16.3. The standard InChI is InChI=1S/C22H24N6O/c1-25-11-3-2-5-16-10-12-26-20(13-16)22(29)27-18-7-4-6-17(14-18)21(24)28(15-23)19-8-9-19/h2-4,6-7,10-15,19,23-24H,5,8-9H2,1H3,(H,27,29)/b3-2-,23-15?,24-21?,25-11?. The van der Waals surface area contributed by atoms with Crippen molar-refractivity contribution in [3.8, 4) is 0 Å². The van der Waals surface area contributed by atoms with E-state index in [9.17, 15) is 4.79 Å². The monoisotopic (exact) mass is 388 g/mol. The first-order chi connectivity index (χ1) is 14.1. The maximum Gasteiger partial charge on any atom is 0.274 e. The van der Waals surface area contributed by atoms with E-state index in [1.54, 1.807) is 48.6 Å². The number of nitrogens with one attached hydrogen (secondary N) is 3. The zero-order valence-corrected chi connectivity index (χ0v) is 16.3. The number of hydrogen-bond acceptors (Lipinski definition) is 5. The first kappa shape index (κ1) is 20.1. The van der Waals surface area contributed by atoms with Gasteiger partial charge in [-0.1, -0.05) is 18.2 Å². The Morgan fingerprint density at radius 2 is 2.17 bits per heavy atom. The van der Waals surface area contributed by atoms with Crippen molar-refractivity contribution in [2.45, 2.75) is 25.3 Å². The molecule has 1 fully saturated rings. The summed E-state index contributed by atoms with van der Waals surface area (Å²) in [5.74, 6) is -0.0399. The molecule has 1 amide bonds. The number of allylic oxidation sites excluding steroid dienone is 2. The van der Waals surface area contributed by atoms with Gasteiger partial charge in [-0.3, -0.25) is 25.6 Å². The molecule has 0 saturated heterocycles. The number of rotatable bonds is 8. The molecule has 0 bridgehead atoms. The van der Waals surface area contributed by atoms with Gasteiger partial charge >= 0.3 is 0 Å². The zero-order chi connectivity index (χ0) is 20.6. The number of aliphatic imine (C=N–C) groups is 1. The van der Waals surface area contributed by atoms with Gasteiger partial charge in [0.2, 0.25) is 0 Å². The number of benzene rings is 1. The third kappa shape index (κ3) is 5.44. The van der Waals surface area contributed by atoms with E-state index in [1.165, 1.54) is 6.34 Å². The second-order valence-electron chi connectivity index (χ2n) is 6.74. The number of carbonyl (C=O) groups is 1. The van der Waals surface area contributed by atoms with Gasteiger partial charge in [0.1, 0.15) is 11.5 Å². The average Bonchev–Trinajstić information content (AvgIpc) is 3.57. The largest absolute Gasteiger partial charge is 0.321 e. The molecule has 1 aromatic carbocycles. The lowest BCUT2D eigenvalue weighted by Crippen LogP contribution is -2.31. The first-order valence-electron chi connectivity index (χ1n) is 9.44. The molecule has 0 unspecified atom stereocenters. The summed E-state index contributed by atoms with van der Waals surface area (Å²) in [7, 11) is 1.71. The van der Waals surface area contributed by atoms with Crippen LogP contribution in [0, 0.1) is 10.8 Å². The van der Waals surface area contributed by atoms with Gasteiger partial charge in [0.05, 0.1) is 6.34 Å². The van der Waals surface area contributed by atoms with Crippen LogP contribution in [-0.4, -0.2) is 47.3 Å². The Hall–Kier alpha value is -3.61. The van der Waals surface area contributed by atoms with Gasteiger partial charge < -0.3 is 10.2 Å². The van der Waals surface area contributed by atoms with Crippen LogP contribution < -0.4 is 5.32 Å². The second-order valence-corrected chi connectivity index (χ2v) is 6.74. The van der Waals surface area contributed by atoms with Crippen molar-refractivity contribution in [1.82, 2.24) is 9.88 Å². The minimum atomic E-state index is -0.305. The van der Waals surface area contributed by atoms with Crippen molar-refractivity contribution < 1.29 is 4.79 Å². The summed E-state index contributed by atoms with van der Waals surface area (Å²) in [4.78, 5) is 22.3. The molecule has 0 radical (unpaired) electrons. The minimum Gasteiger partial charge on any atom is -0.321 e. The van der Waals surface area contributed by atoms with Crippen LogP contribution in [0.2, 0.25) is 0 Å². The van der Waals surface area contributed by atoms with Crippen LogP contribution in [0.4, 0.5) is 5.69 Å². The molecule has 1 saturated carbocycles. The van der Waals surface area contributed by atoms with Crippen molar-refractivity contribution in [2.75, 3.05) is 12.4 Å². The van der Waals surface area contributed by atoms with Gasteiger partial charge in [0.15, 0.2) is 0 Å². The van der Waals surface area contributed by atoms with Gasteiger partial charge in [-0.05, 0) is 55.2 Å². The maximum absolute atomic E-state index is 12.6. The summed E-state index contributed by atoms with van der Waals surface area (Å²) < 4.78 is 0. The van der Waals surface area contributed by atoms with Gasteiger partial charge in [-0.25, -0.2) is 0 Å². The summed E-state index contributed by atoms with van der Waals surface area (Å²) in [6.45, 7) is 0. The number of amides is 1. The normalized spacial score (nSPS) is 13.6. The Kier molecular flexibility index (Phi) is 6.63. The van der Waals surface area contributed by atoms with Crippen LogP contribution in [0.15, 0.2) is 59.7 Å². The summed E-state index contributed by atoms with van der Waals surface area (Å²) in [5.41, 5.74) is 2.55. The molecule has 2 aromatic rings.